The van der Waals surface area contributed by atoms with Crippen LogP contribution in [0.25, 0.3) is 0 Å². The Balaban J connectivity index is 2.50. The summed E-state index contributed by atoms with van der Waals surface area (Å²) in [5.41, 5.74) is 9.89. The van der Waals surface area contributed by atoms with E-state index in [0.29, 0.717) is 11.7 Å². The van der Waals surface area contributed by atoms with Crippen LogP contribution in [-0.2, 0) is 5.41 Å². The maximum Gasteiger partial charge on any atom is 0.119 e. The van der Waals surface area contributed by atoms with Gasteiger partial charge in [0.1, 0.15) is 5.75 Å². The summed E-state index contributed by atoms with van der Waals surface area (Å²) < 4.78 is 0. The van der Waals surface area contributed by atoms with Gasteiger partial charge in [0.2, 0.25) is 0 Å². The minimum atomic E-state index is 0.139. The zero-order valence-corrected chi connectivity index (χ0v) is 12.5. The van der Waals surface area contributed by atoms with E-state index in [-0.39, 0.29) is 5.41 Å². The van der Waals surface area contributed by atoms with Crippen LogP contribution in [0.4, 0.5) is 0 Å². The molecule has 1 aromatic rings. The normalized spacial score (nSPS) is 18.8. The van der Waals surface area contributed by atoms with Crippen molar-refractivity contribution in [2.45, 2.75) is 64.2 Å². The third-order valence-electron chi connectivity index (χ3n) is 4.77. The molecule has 0 radical (unpaired) electrons. The number of hydrogen-bond acceptors (Lipinski definition) is 2. The van der Waals surface area contributed by atoms with E-state index in [2.05, 4.69) is 26.8 Å². The standard InChI is InChI=1S/C17H27NO/c1-12(2)14-10-15(13(3)9-16(14)19)17(11-18)7-5-4-6-8-17/h9-10,12,19H,4-8,11,18H2,1-3H3. The van der Waals surface area contributed by atoms with E-state index in [1.807, 2.05) is 6.07 Å². The van der Waals surface area contributed by atoms with Crippen molar-refractivity contribution in [2.24, 2.45) is 5.73 Å². The van der Waals surface area contributed by atoms with Gasteiger partial charge in [-0.15, -0.1) is 0 Å². The van der Waals surface area contributed by atoms with Gasteiger partial charge in [-0.1, -0.05) is 39.2 Å². The third-order valence-corrected chi connectivity index (χ3v) is 4.77. The molecule has 1 fully saturated rings. The third kappa shape index (κ3) is 2.64. The summed E-state index contributed by atoms with van der Waals surface area (Å²) in [6.45, 7) is 7.08. The van der Waals surface area contributed by atoms with Crippen molar-refractivity contribution in [3.8, 4) is 5.75 Å². The van der Waals surface area contributed by atoms with Crippen molar-refractivity contribution in [3.63, 3.8) is 0 Å². The summed E-state index contributed by atoms with van der Waals surface area (Å²) >= 11 is 0. The van der Waals surface area contributed by atoms with Crippen LogP contribution in [0, 0.1) is 6.92 Å². The van der Waals surface area contributed by atoms with Gasteiger partial charge in [0.15, 0.2) is 0 Å². The maximum absolute atomic E-state index is 10.1. The largest absolute Gasteiger partial charge is 0.508 e. The summed E-state index contributed by atoms with van der Waals surface area (Å²) in [4.78, 5) is 0. The number of benzene rings is 1. The Bertz CT molecular complexity index is 445. The first kappa shape index (κ1) is 14.4. The molecular formula is C17H27NO. The molecule has 0 spiro atoms. The Morgan fingerprint density at radius 1 is 1.21 bits per heavy atom. The van der Waals surface area contributed by atoms with E-state index >= 15 is 0 Å². The number of rotatable bonds is 3. The molecule has 2 heteroatoms. The fourth-order valence-corrected chi connectivity index (χ4v) is 3.56. The molecule has 2 nitrogen and oxygen atoms in total. The van der Waals surface area contributed by atoms with Gasteiger partial charge in [0.05, 0.1) is 0 Å². The fourth-order valence-electron chi connectivity index (χ4n) is 3.56. The summed E-state index contributed by atoms with van der Waals surface area (Å²) in [5.74, 6) is 0.775. The first-order valence-electron chi connectivity index (χ1n) is 7.54. The lowest BCUT2D eigenvalue weighted by atomic mass is 9.67. The summed E-state index contributed by atoms with van der Waals surface area (Å²) in [7, 11) is 0. The molecule has 1 aromatic carbocycles. The molecule has 0 aliphatic heterocycles. The Morgan fingerprint density at radius 3 is 2.37 bits per heavy atom. The predicted molar refractivity (Wildman–Crippen MR) is 80.8 cm³/mol. The molecule has 1 aliphatic rings. The predicted octanol–water partition coefficient (Wildman–Crippen LogP) is 3.98. The molecule has 0 atom stereocenters. The molecule has 1 saturated carbocycles. The second kappa shape index (κ2) is 5.54. The highest BCUT2D eigenvalue weighted by molar-refractivity contribution is 5.46. The average molecular weight is 261 g/mol. The van der Waals surface area contributed by atoms with E-state index in [9.17, 15) is 5.11 Å². The van der Waals surface area contributed by atoms with E-state index in [1.54, 1.807) is 0 Å². The average Bonchev–Trinajstić information content (AvgIpc) is 2.39. The number of nitrogens with two attached hydrogens (primary N) is 1. The Morgan fingerprint density at radius 2 is 1.84 bits per heavy atom. The van der Waals surface area contributed by atoms with Gasteiger partial charge in [0.25, 0.3) is 0 Å². The van der Waals surface area contributed by atoms with Gasteiger partial charge in [-0.25, -0.2) is 0 Å². The van der Waals surface area contributed by atoms with Crippen molar-refractivity contribution >= 4 is 0 Å². The molecule has 0 heterocycles. The van der Waals surface area contributed by atoms with Crippen LogP contribution < -0.4 is 5.73 Å². The summed E-state index contributed by atoms with van der Waals surface area (Å²) in [6.07, 6.45) is 6.25. The Kier molecular flexibility index (Phi) is 4.19. The second-order valence-corrected chi connectivity index (χ2v) is 6.43. The molecule has 106 valence electrons. The summed E-state index contributed by atoms with van der Waals surface area (Å²) in [6, 6.07) is 4.14. The quantitative estimate of drug-likeness (QED) is 0.864. The van der Waals surface area contributed by atoms with Gasteiger partial charge in [0, 0.05) is 12.0 Å². The molecule has 1 aliphatic carbocycles. The van der Waals surface area contributed by atoms with E-state index in [0.717, 1.165) is 12.1 Å². The molecule has 0 aromatic heterocycles. The summed E-state index contributed by atoms with van der Waals surface area (Å²) in [5, 5.41) is 10.1. The van der Waals surface area contributed by atoms with Gasteiger partial charge >= 0.3 is 0 Å². The lowest BCUT2D eigenvalue weighted by Gasteiger charge is -2.38. The SMILES string of the molecule is Cc1cc(O)c(C(C)C)cc1C1(CN)CCCCC1. The van der Waals surface area contributed by atoms with Crippen molar-refractivity contribution in [2.75, 3.05) is 6.54 Å². The first-order valence-corrected chi connectivity index (χ1v) is 7.54. The van der Waals surface area contributed by atoms with Gasteiger partial charge < -0.3 is 10.8 Å². The molecule has 0 bridgehead atoms. The number of aryl methyl sites for hydroxylation is 1. The lowest BCUT2D eigenvalue weighted by Crippen LogP contribution is -2.37. The van der Waals surface area contributed by atoms with Gasteiger partial charge in [-0.05, 0) is 48.4 Å². The Labute approximate surface area is 117 Å². The van der Waals surface area contributed by atoms with Crippen molar-refractivity contribution in [1.82, 2.24) is 0 Å². The second-order valence-electron chi connectivity index (χ2n) is 6.43. The van der Waals surface area contributed by atoms with E-state index in [4.69, 9.17) is 5.73 Å². The molecule has 0 amide bonds. The van der Waals surface area contributed by atoms with Crippen LogP contribution in [0.1, 0.15) is 68.6 Å². The number of phenolic OH excluding ortho intramolecular Hbond substituents is 1. The van der Waals surface area contributed by atoms with E-state index < -0.39 is 0 Å². The molecule has 0 unspecified atom stereocenters. The van der Waals surface area contributed by atoms with Crippen LogP contribution in [0.3, 0.4) is 0 Å². The smallest absolute Gasteiger partial charge is 0.119 e. The first-order chi connectivity index (χ1) is 9.00. The molecule has 0 saturated heterocycles. The zero-order valence-electron chi connectivity index (χ0n) is 12.5. The molecule has 19 heavy (non-hydrogen) atoms. The molecule has 3 N–H and O–H groups in total. The van der Waals surface area contributed by atoms with Crippen LogP contribution in [-0.4, -0.2) is 11.7 Å². The van der Waals surface area contributed by atoms with Crippen LogP contribution in [0.5, 0.6) is 5.75 Å². The monoisotopic (exact) mass is 261 g/mol. The number of aromatic hydroxyl groups is 1. The van der Waals surface area contributed by atoms with Crippen molar-refractivity contribution in [1.29, 1.82) is 0 Å². The highest BCUT2D eigenvalue weighted by Crippen LogP contribution is 2.42. The topological polar surface area (TPSA) is 46.2 Å². The zero-order chi connectivity index (χ0) is 14.0. The molecule has 2 rings (SSSR count). The highest BCUT2D eigenvalue weighted by Gasteiger charge is 2.34. The van der Waals surface area contributed by atoms with Crippen molar-refractivity contribution in [3.05, 3.63) is 28.8 Å². The van der Waals surface area contributed by atoms with Crippen LogP contribution in [0.15, 0.2) is 12.1 Å². The Hall–Kier alpha value is -1.02. The van der Waals surface area contributed by atoms with E-state index in [1.165, 1.54) is 43.2 Å². The maximum atomic E-state index is 10.1. The lowest BCUT2D eigenvalue weighted by molar-refractivity contribution is 0.299. The van der Waals surface area contributed by atoms with Gasteiger partial charge in [-0.2, -0.15) is 0 Å². The van der Waals surface area contributed by atoms with Crippen LogP contribution >= 0.6 is 0 Å². The number of hydrogen-bond donors (Lipinski definition) is 2. The minimum absolute atomic E-state index is 0.139. The van der Waals surface area contributed by atoms with Crippen molar-refractivity contribution < 1.29 is 5.11 Å². The van der Waals surface area contributed by atoms with Gasteiger partial charge in [-0.3, -0.25) is 0 Å². The minimum Gasteiger partial charge on any atom is -0.508 e. The van der Waals surface area contributed by atoms with Crippen LogP contribution in [0.2, 0.25) is 0 Å². The number of phenols is 1. The molecular weight excluding hydrogens is 234 g/mol. The fraction of sp³-hybridized carbons (Fsp3) is 0.647. The highest BCUT2D eigenvalue weighted by atomic mass is 16.3.